The molecular weight excluding hydrogens is 318 g/mol. The molecule has 1 saturated carbocycles. The molecule has 2 N–H and O–H groups in total. The van der Waals surface area contributed by atoms with Gasteiger partial charge < -0.3 is 10.4 Å². The third-order valence-corrected chi connectivity index (χ3v) is 4.76. The monoisotopic (exact) mass is 335 g/mol. The van der Waals surface area contributed by atoms with Crippen LogP contribution in [-0.2, 0) is 0 Å². The number of aromatic hydroxyl groups is 1. The minimum atomic E-state index is 0.238. The molecule has 1 heterocycles. The Morgan fingerprint density at radius 2 is 2.05 bits per heavy atom. The Morgan fingerprint density at radius 3 is 2.65 bits per heavy atom. The Hall–Kier alpha value is -1.09. The summed E-state index contributed by atoms with van der Waals surface area (Å²) in [5.41, 5.74) is 1.51. The lowest BCUT2D eigenvalue weighted by Gasteiger charge is -2.36. The number of nitrogens with zero attached hydrogens (tertiary/aromatic N) is 2. The summed E-state index contributed by atoms with van der Waals surface area (Å²) in [6.07, 6.45) is 2.42. The van der Waals surface area contributed by atoms with E-state index in [1.807, 2.05) is 6.07 Å². The van der Waals surface area contributed by atoms with Crippen molar-refractivity contribution in [2.75, 3.05) is 26.2 Å². The minimum absolute atomic E-state index is 0.238. The summed E-state index contributed by atoms with van der Waals surface area (Å²) in [4.78, 5) is 2.44. The molecule has 1 aliphatic carbocycles. The molecule has 106 valence electrons. The number of rotatable bonds is 3. The maximum Gasteiger partial charge on any atom is 0.134 e. The quantitative estimate of drug-likeness (QED) is 0.890. The maximum absolute atomic E-state index is 10.4. The first-order valence-corrected chi connectivity index (χ1v) is 7.87. The Balaban J connectivity index is 1.98. The van der Waals surface area contributed by atoms with Gasteiger partial charge in [0.2, 0.25) is 0 Å². The van der Waals surface area contributed by atoms with Crippen molar-refractivity contribution in [3.05, 3.63) is 27.7 Å². The Bertz CT molecular complexity index is 545. The standard InChI is InChI=1S/C15H18BrN3O/c16-13-8-10(9-17)7-12(15(13)20)14(11-1-2-11)19-5-3-18-4-6-19/h7-8,11,14,18,20H,1-6H2/t14-/m0/s1. The zero-order chi connectivity index (χ0) is 14.1. The lowest BCUT2D eigenvalue weighted by molar-refractivity contribution is 0.153. The summed E-state index contributed by atoms with van der Waals surface area (Å²) in [7, 11) is 0. The number of nitriles is 1. The third-order valence-electron chi connectivity index (χ3n) is 4.15. The van der Waals surface area contributed by atoms with Gasteiger partial charge in [0.1, 0.15) is 5.75 Å². The molecule has 0 radical (unpaired) electrons. The largest absolute Gasteiger partial charge is 0.506 e. The molecule has 20 heavy (non-hydrogen) atoms. The second kappa shape index (κ2) is 5.72. The van der Waals surface area contributed by atoms with Crippen LogP contribution in [0.5, 0.6) is 5.75 Å². The van der Waals surface area contributed by atoms with Crippen LogP contribution in [0.1, 0.15) is 30.0 Å². The number of halogens is 1. The number of piperazine rings is 1. The van der Waals surface area contributed by atoms with Crippen LogP contribution < -0.4 is 5.32 Å². The van der Waals surface area contributed by atoms with Gasteiger partial charge in [0.05, 0.1) is 16.1 Å². The summed E-state index contributed by atoms with van der Waals surface area (Å²) < 4.78 is 0.618. The summed E-state index contributed by atoms with van der Waals surface area (Å²) in [5, 5.41) is 22.9. The first-order valence-electron chi connectivity index (χ1n) is 7.08. The molecule has 0 unspecified atom stereocenters. The first-order chi connectivity index (χ1) is 9.70. The second-order valence-electron chi connectivity index (χ2n) is 5.58. The van der Waals surface area contributed by atoms with E-state index in [9.17, 15) is 5.11 Å². The van der Waals surface area contributed by atoms with E-state index >= 15 is 0 Å². The van der Waals surface area contributed by atoms with Crippen LogP contribution in [0.2, 0.25) is 0 Å². The van der Waals surface area contributed by atoms with E-state index in [1.54, 1.807) is 6.07 Å². The van der Waals surface area contributed by atoms with E-state index in [4.69, 9.17) is 5.26 Å². The van der Waals surface area contributed by atoms with Gasteiger partial charge in [0.15, 0.2) is 0 Å². The van der Waals surface area contributed by atoms with Crippen molar-refractivity contribution in [3.63, 3.8) is 0 Å². The number of hydrogen-bond donors (Lipinski definition) is 2. The fraction of sp³-hybridized carbons (Fsp3) is 0.533. The van der Waals surface area contributed by atoms with Gasteiger partial charge in [0.25, 0.3) is 0 Å². The molecule has 2 fully saturated rings. The lowest BCUT2D eigenvalue weighted by atomic mass is 9.97. The van der Waals surface area contributed by atoms with Crippen LogP contribution in [0.25, 0.3) is 0 Å². The van der Waals surface area contributed by atoms with Crippen LogP contribution in [-0.4, -0.2) is 36.2 Å². The Morgan fingerprint density at radius 1 is 1.35 bits per heavy atom. The van der Waals surface area contributed by atoms with E-state index in [1.165, 1.54) is 12.8 Å². The molecule has 1 aromatic rings. The van der Waals surface area contributed by atoms with Crippen molar-refractivity contribution in [1.29, 1.82) is 5.26 Å². The normalized spacial score (nSPS) is 21.4. The fourth-order valence-corrected chi connectivity index (χ4v) is 3.51. The second-order valence-corrected chi connectivity index (χ2v) is 6.43. The smallest absolute Gasteiger partial charge is 0.134 e. The van der Waals surface area contributed by atoms with E-state index in [2.05, 4.69) is 32.2 Å². The van der Waals surface area contributed by atoms with Gasteiger partial charge in [-0.1, -0.05) is 0 Å². The molecule has 1 aromatic carbocycles. The van der Waals surface area contributed by atoms with E-state index < -0.39 is 0 Å². The Kier molecular flexibility index (Phi) is 3.97. The van der Waals surface area contributed by atoms with Gasteiger partial charge >= 0.3 is 0 Å². The van der Waals surface area contributed by atoms with Crippen molar-refractivity contribution < 1.29 is 5.11 Å². The van der Waals surface area contributed by atoms with Gasteiger partial charge in [-0.15, -0.1) is 0 Å². The number of phenolic OH excluding ortho intramolecular Hbond substituents is 1. The molecular formula is C15H18BrN3O. The van der Waals surface area contributed by atoms with E-state index in [-0.39, 0.29) is 6.04 Å². The van der Waals surface area contributed by atoms with E-state index in [0.29, 0.717) is 21.7 Å². The molecule has 0 amide bonds. The highest BCUT2D eigenvalue weighted by Gasteiger charge is 2.38. The lowest BCUT2D eigenvalue weighted by Crippen LogP contribution is -2.45. The summed E-state index contributed by atoms with van der Waals surface area (Å²) in [6, 6.07) is 5.95. The molecule has 1 atom stereocenters. The van der Waals surface area contributed by atoms with Gasteiger partial charge in [-0.05, 0) is 46.8 Å². The number of benzene rings is 1. The van der Waals surface area contributed by atoms with E-state index in [0.717, 1.165) is 31.7 Å². The van der Waals surface area contributed by atoms with Crippen molar-refractivity contribution in [1.82, 2.24) is 10.2 Å². The molecule has 1 saturated heterocycles. The summed E-state index contributed by atoms with van der Waals surface area (Å²) in [5.74, 6) is 0.902. The average Bonchev–Trinajstić information content (AvgIpc) is 3.29. The molecule has 1 aliphatic heterocycles. The summed E-state index contributed by atoms with van der Waals surface area (Å²) >= 11 is 3.37. The zero-order valence-electron chi connectivity index (χ0n) is 11.3. The van der Waals surface area contributed by atoms with Crippen molar-refractivity contribution in [2.45, 2.75) is 18.9 Å². The van der Waals surface area contributed by atoms with Crippen LogP contribution >= 0.6 is 15.9 Å². The SMILES string of the molecule is N#Cc1cc(Br)c(O)c([C@H](C2CC2)N2CCNCC2)c1. The third kappa shape index (κ3) is 2.69. The van der Waals surface area contributed by atoms with Gasteiger partial charge in [-0.25, -0.2) is 0 Å². The average molecular weight is 336 g/mol. The molecule has 0 spiro atoms. The zero-order valence-corrected chi connectivity index (χ0v) is 12.9. The molecule has 4 nitrogen and oxygen atoms in total. The minimum Gasteiger partial charge on any atom is -0.506 e. The van der Waals surface area contributed by atoms with Crippen molar-refractivity contribution in [2.24, 2.45) is 5.92 Å². The van der Waals surface area contributed by atoms with Crippen LogP contribution in [0.15, 0.2) is 16.6 Å². The number of hydrogen-bond acceptors (Lipinski definition) is 4. The van der Waals surface area contributed by atoms with Gasteiger partial charge in [-0.2, -0.15) is 5.26 Å². The van der Waals surface area contributed by atoms with Crippen LogP contribution in [0.3, 0.4) is 0 Å². The molecule has 0 bridgehead atoms. The van der Waals surface area contributed by atoms with Crippen molar-refractivity contribution >= 4 is 15.9 Å². The Labute approximate surface area is 127 Å². The van der Waals surface area contributed by atoms with Crippen molar-refractivity contribution in [3.8, 4) is 11.8 Å². The molecule has 2 aliphatic rings. The highest BCUT2D eigenvalue weighted by molar-refractivity contribution is 9.10. The highest BCUT2D eigenvalue weighted by atomic mass is 79.9. The van der Waals surface area contributed by atoms with Crippen LogP contribution in [0.4, 0.5) is 0 Å². The van der Waals surface area contributed by atoms with Gasteiger partial charge in [0, 0.05) is 37.8 Å². The topological polar surface area (TPSA) is 59.3 Å². The summed E-state index contributed by atoms with van der Waals surface area (Å²) in [6.45, 7) is 3.97. The first kappa shape index (κ1) is 13.9. The molecule has 3 rings (SSSR count). The highest BCUT2D eigenvalue weighted by Crippen LogP contribution is 2.48. The van der Waals surface area contributed by atoms with Gasteiger partial charge in [-0.3, -0.25) is 4.90 Å². The van der Waals surface area contributed by atoms with Crippen LogP contribution in [0, 0.1) is 17.2 Å². The molecule has 0 aromatic heterocycles. The number of phenols is 1. The molecule has 5 heteroatoms. The maximum atomic E-state index is 10.4. The number of nitrogens with one attached hydrogen (secondary N) is 1. The fourth-order valence-electron chi connectivity index (χ4n) is 3.03. The predicted octanol–water partition coefficient (Wildman–Crippen LogP) is 2.38. The predicted molar refractivity (Wildman–Crippen MR) is 80.4 cm³/mol.